The molecule has 1 fully saturated rings. The van der Waals surface area contributed by atoms with Crippen molar-refractivity contribution in [2.75, 3.05) is 13.1 Å². The molecular formula is C16H19N3O2S. The fourth-order valence-electron chi connectivity index (χ4n) is 2.68. The number of hydrogen-bond donors (Lipinski definition) is 0. The Labute approximate surface area is 134 Å². The number of rotatable bonds is 2. The number of aromatic nitrogens is 2. The van der Waals surface area contributed by atoms with Crippen molar-refractivity contribution in [2.45, 2.75) is 33.0 Å². The van der Waals surface area contributed by atoms with E-state index in [4.69, 9.17) is 4.74 Å². The first-order valence-electron chi connectivity index (χ1n) is 7.38. The summed E-state index contributed by atoms with van der Waals surface area (Å²) < 4.78 is 5.69. The molecule has 2 aromatic heterocycles. The standard InChI is InChI=1S/C16H19N3O2S/c1-10-8-19(9-11(2)21-10)16(20)14-12(3)18-15(22-14)13-6-4-5-7-17-13/h4-7,10-11H,8-9H2,1-3H3/t10-,11-/m0/s1. The minimum Gasteiger partial charge on any atom is -0.372 e. The van der Waals surface area contributed by atoms with Gasteiger partial charge in [0, 0.05) is 19.3 Å². The Hall–Kier alpha value is -1.79. The lowest BCUT2D eigenvalue weighted by Crippen LogP contribution is -2.48. The third-order valence-electron chi connectivity index (χ3n) is 3.58. The van der Waals surface area contributed by atoms with Crippen molar-refractivity contribution in [3.05, 3.63) is 35.0 Å². The van der Waals surface area contributed by atoms with Crippen molar-refractivity contribution in [1.29, 1.82) is 0 Å². The van der Waals surface area contributed by atoms with Gasteiger partial charge in [0.15, 0.2) is 0 Å². The Morgan fingerprint density at radius 3 is 2.68 bits per heavy atom. The highest BCUT2D eigenvalue weighted by atomic mass is 32.1. The average molecular weight is 317 g/mol. The van der Waals surface area contributed by atoms with E-state index in [1.807, 2.05) is 43.9 Å². The van der Waals surface area contributed by atoms with Crippen LogP contribution in [0.15, 0.2) is 24.4 Å². The van der Waals surface area contributed by atoms with Crippen LogP contribution >= 0.6 is 11.3 Å². The third-order valence-corrected chi connectivity index (χ3v) is 4.75. The number of morpholine rings is 1. The molecule has 2 atom stereocenters. The van der Waals surface area contributed by atoms with E-state index >= 15 is 0 Å². The number of nitrogens with zero attached hydrogens (tertiary/aromatic N) is 3. The number of aryl methyl sites for hydroxylation is 1. The van der Waals surface area contributed by atoms with E-state index < -0.39 is 0 Å². The minimum absolute atomic E-state index is 0.0409. The van der Waals surface area contributed by atoms with Crippen molar-refractivity contribution in [2.24, 2.45) is 0 Å². The largest absolute Gasteiger partial charge is 0.372 e. The van der Waals surface area contributed by atoms with Gasteiger partial charge in [-0.15, -0.1) is 11.3 Å². The van der Waals surface area contributed by atoms with Crippen LogP contribution in [0.25, 0.3) is 10.7 Å². The molecule has 0 unspecified atom stereocenters. The summed E-state index contributed by atoms with van der Waals surface area (Å²) >= 11 is 1.41. The maximum Gasteiger partial charge on any atom is 0.266 e. The fourth-order valence-corrected chi connectivity index (χ4v) is 3.69. The van der Waals surface area contributed by atoms with E-state index in [2.05, 4.69) is 9.97 Å². The van der Waals surface area contributed by atoms with E-state index in [0.29, 0.717) is 18.0 Å². The number of ether oxygens (including phenoxy) is 1. The monoisotopic (exact) mass is 317 g/mol. The van der Waals surface area contributed by atoms with Crippen LogP contribution in [-0.4, -0.2) is 46.1 Å². The van der Waals surface area contributed by atoms with Gasteiger partial charge in [0.05, 0.1) is 23.6 Å². The smallest absolute Gasteiger partial charge is 0.266 e. The molecule has 0 bridgehead atoms. The zero-order valence-corrected chi connectivity index (χ0v) is 13.8. The lowest BCUT2D eigenvalue weighted by atomic mass is 10.2. The quantitative estimate of drug-likeness (QED) is 0.854. The van der Waals surface area contributed by atoms with Gasteiger partial charge in [-0.25, -0.2) is 4.98 Å². The van der Waals surface area contributed by atoms with E-state index in [1.54, 1.807) is 6.20 Å². The van der Waals surface area contributed by atoms with Crippen molar-refractivity contribution in [3.8, 4) is 10.7 Å². The molecule has 0 aromatic carbocycles. The van der Waals surface area contributed by atoms with Crippen LogP contribution < -0.4 is 0 Å². The van der Waals surface area contributed by atoms with Crippen LogP contribution in [0.1, 0.15) is 29.2 Å². The summed E-state index contributed by atoms with van der Waals surface area (Å²) in [5.41, 5.74) is 1.57. The van der Waals surface area contributed by atoms with E-state index in [9.17, 15) is 4.79 Å². The number of pyridine rings is 1. The number of carbonyl (C=O) groups is 1. The summed E-state index contributed by atoms with van der Waals surface area (Å²) in [7, 11) is 0. The highest BCUT2D eigenvalue weighted by Crippen LogP contribution is 2.28. The molecule has 1 saturated heterocycles. The van der Waals surface area contributed by atoms with Crippen LogP contribution in [0.4, 0.5) is 0 Å². The van der Waals surface area contributed by atoms with Gasteiger partial charge in [-0.3, -0.25) is 9.78 Å². The summed E-state index contributed by atoms with van der Waals surface area (Å²) in [4.78, 5) is 24.2. The zero-order chi connectivity index (χ0) is 15.7. The Balaban J connectivity index is 1.86. The average Bonchev–Trinajstić information content (AvgIpc) is 2.88. The predicted octanol–water partition coefficient (Wildman–Crippen LogP) is 2.76. The molecule has 1 amide bonds. The van der Waals surface area contributed by atoms with Crippen LogP contribution in [0, 0.1) is 6.92 Å². The topological polar surface area (TPSA) is 55.3 Å². The first-order chi connectivity index (χ1) is 10.5. The molecule has 2 aromatic rings. The third kappa shape index (κ3) is 3.03. The number of thiazole rings is 1. The maximum absolute atomic E-state index is 12.8. The molecule has 0 aliphatic carbocycles. The molecule has 1 aliphatic rings. The van der Waals surface area contributed by atoms with E-state index in [-0.39, 0.29) is 18.1 Å². The van der Waals surface area contributed by atoms with Gasteiger partial charge in [0.2, 0.25) is 0 Å². The fraction of sp³-hybridized carbons (Fsp3) is 0.438. The normalized spacial score (nSPS) is 21.9. The van der Waals surface area contributed by atoms with Gasteiger partial charge in [-0.05, 0) is 32.9 Å². The second-order valence-electron chi connectivity index (χ2n) is 5.62. The SMILES string of the molecule is Cc1nc(-c2ccccn2)sc1C(=O)N1C[C@H](C)O[C@@H](C)C1. The molecule has 0 spiro atoms. The zero-order valence-electron chi connectivity index (χ0n) is 12.9. The summed E-state index contributed by atoms with van der Waals surface area (Å²) in [6.45, 7) is 7.12. The Bertz CT molecular complexity index is 661. The summed E-state index contributed by atoms with van der Waals surface area (Å²) in [5.74, 6) is 0.0409. The van der Waals surface area contributed by atoms with Gasteiger partial charge in [0.25, 0.3) is 5.91 Å². The Morgan fingerprint density at radius 2 is 2.05 bits per heavy atom. The van der Waals surface area contributed by atoms with Crippen molar-refractivity contribution in [3.63, 3.8) is 0 Å². The van der Waals surface area contributed by atoms with Crippen molar-refractivity contribution < 1.29 is 9.53 Å². The van der Waals surface area contributed by atoms with Crippen molar-refractivity contribution in [1.82, 2.24) is 14.9 Å². The predicted molar refractivity (Wildman–Crippen MR) is 86.0 cm³/mol. The lowest BCUT2D eigenvalue weighted by Gasteiger charge is -2.35. The molecule has 116 valence electrons. The molecule has 6 heteroatoms. The number of amides is 1. The van der Waals surface area contributed by atoms with E-state index in [0.717, 1.165) is 16.4 Å². The van der Waals surface area contributed by atoms with Crippen molar-refractivity contribution >= 4 is 17.2 Å². The van der Waals surface area contributed by atoms with E-state index in [1.165, 1.54) is 11.3 Å². The van der Waals surface area contributed by atoms with Gasteiger partial charge in [0.1, 0.15) is 9.88 Å². The van der Waals surface area contributed by atoms with Gasteiger partial charge >= 0.3 is 0 Å². The second kappa shape index (κ2) is 6.14. The molecule has 0 N–H and O–H groups in total. The Kier molecular flexibility index (Phi) is 4.22. The molecule has 3 heterocycles. The number of carbonyl (C=O) groups excluding carboxylic acids is 1. The lowest BCUT2D eigenvalue weighted by molar-refractivity contribution is -0.0585. The summed E-state index contributed by atoms with van der Waals surface area (Å²) in [6.07, 6.45) is 1.87. The molecular weight excluding hydrogens is 298 g/mol. The molecule has 22 heavy (non-hydrogen) atoms. The molecule has 1 aliphatic heterocycles. The minimum atomic E-state index is 0.0409. The summed E-state index contributed by atoms with van der Waals surface area (Å²) in [5, 5.41) is 0.788. The first kappa shape index (κ1) is 15.1. The molecule has 0 radical (unpaired) electrons. The second-order valence-corrected chi connectivity index (χ2v) is 6.62. The van der Waals surface area contributed by atoms with Crippen LogP contribution in [0.3, 0.4) is 0 Å². The van der Waals surface area contributed by atoms with Gasteiger partial charge < -0.3 is 9.64 Å². The van der Waals surface area contributed by atoms with Gasteiger partial charge in [-0.1, -0.05) is 6.07 Å². The molecule has 3 rings (SSSR count). The molecule has 5 nitrogen and oxygen atoms in total. The highest BCUT2D eigenvalue weighted by molar-refractivity contribution is 7.17. The highest BCUT2D eigenvalue weighted by Gasteiger charge is 2.29. The van der Waals surface area contributed by atoms with Crippen LogP contribution in [0.2, 0.25) is 0 Å². The van der Waals surface area contributed by atoms with Crippen LogP contribution in [0.5, 0.6) is 0 Å². The maximum atomic E-state index is 12.8. The summed E-state index contributed by atoms with van der Waals surface area (Å²) in [6, 6.07) is 5.70. The number of hydrogen-bond acceptors (Lipinski definition) is 5. The van der Waals surface area contributed by atoms with Crippen LogP contribution in [-0.2, 0) is 4.74 Å². The van der Waals surface area contributed by atoms with Gasteiger partial charge in [-0.2, -0.15) is 0 Å². The molecule has 0 saturated carbocycles. The Morgan fingerprint density at radius 1 is 1.32 bits per heavy atom. The first-order valence-corrected chi connectivity index (χ1v) is 8.20.